The summed E-state index contributed by atoms with van der Waals surface area (Å²) in [6.07, 6.45) is 7.86. The van der Waals surface area contributed by atoms with Gasteiger partial charge < -0.3 is 36.1 Å². The first-order valence-corrected chi connectivity index (χ1v) is 13.6. The summed E-state index contributed by atoms with van der Waals surface area (Å²) in [6, 6.07) is 12.4. The summed E-state index contributed by atoms with van der Waals surface area (Å²) in [6.45, 7) is 4.87. The standard InChI is InChI=1S/C11H11F.C10H11FO.C5H9N2O4P.CH2O3.CH4O.2K.H/c1-3-9(4-2)10-5-7-11(12)8-6-10;1-2-8(7-12)9-3-5-10(11)6-4-9;1-4(8)5(7-6)12(9,10-2)11-3;2-1-4-3;1-2;;;/h1,5-9H,4H2,2H3;3-8H,2H2,1H3;1-3H3;1,3H;2H,1H3;;;/q;;;;;2*+1;-1/p-1. The van der Waals surface area contributed by atoms with Crippen LogP contribution in [0.15, 0.2) is 48.5 Å². The van der Waals surface area contributed by atoms with E-state index in [1.54, 1.807) is 24.3 Å². The number of nitrogens with zero attached hydrogens (tertiary/aromatic N) is 2. The molecule has 0 aromatic heterocycles. The number of aldehydes is 1. The Morgan fingerprint density at radius 3 is 1.61 bits per heavy atom. The Bertz CT molecular complexity index is 1190. The van der Waals surface area contributed by atoms with Crippen molar-refractivity contribution < 1.29 is 161 Å². The van der Waals surface area contributed by atoms with Crippen LogP contribution in [-0.4, -0.2) is 55.2 Å². The Kier molecular flexibility index (Phi) is 40.6. The van der Waals surface area contributed by atoms with E-state index in [4.69, 9.17) is 27.1 Å². The van der Waals surface area contributed by atoms with E-state index in [-0.39, 0.29) is 134 Å². The summed E-state index contributed by atoms with van der Waals surface area (Å²) in [5.74, 6) is 1.55. The first kappa shape index (κ1) is 52.9. The average Bonchev–Trinajstić information content (AvgIpc) is 3.02. The van der Waals surface area contributed by atoms with Crippen LogP contribution in [0.2, 0.25) is 0 Å². The Morgan fingerprint density at radius 1 is 1.02 bits per heavy atom. The van der Waals surface area contributed by atoms with Gasteiger partial charge >= 0.3 is 116 Å². The zero-order valence-corrected chi connectivity index (χ0v) is 33.4. The summed E-state index contributed by atoms with van der Waals surface area (Å²) in [7, 11) is -0.506. The smallest absolute Gasteiger partial charge is 1.00 e. The number of terminal acetylenes is 1. The molecule has 2 aromatic carbocycles. The van der Waals surface area contributed by atoms with Crippen molar-refractivity contribution in [1.82, 2.24) is 0 Å². The molecule has 0 bridgehead atoms. The second-order valence-electron chi connectivity index (χ2n) is 7.42. The van der Waals surface area contributed by atoms with Crippen molar-refractivity contribution in [3.05, 3.63) is 76.8 Å². The summed E-state index contributed by atoms with van der Waals surface area (Å²) < 4.78 is 45.2. The van der Waals surface area contributed by atoms with Gasteiger partial charge in [-0.15, -0.1) is 6.42 Å². The molecule has 2 aromatic rings. The molecular formula is C28H37F2K2N2O9P. The van der Waals surface area contributed by atoms with Gasteiger partial charge in [-0.3, -0.25) is 9.59 Å². The van der Waals surface area contributed by atoms with Crippen molar-refractivity contribution in [3.8, 4) is 12.3 Å². The molecule has 0 spiro atoms. The normalized spacial score (nSPS) is 10.2. The van der Waals surface area contributed by atoms with E-state index in [1.807, 2.05) is 13.8 Å². The van der Waals surface area contributed by atoms with Crippen molar-refractivity contribution in [2.24, 2.45) is 0 Å². The van der Waals surface area contributed by atoms with Gasteiger partial charge in [-0.2, -0.15) is 4.79 Å². The summed E-state index contributed by atoms with van der Waals surface area (Å²) in [4.78, 5) is 35.0. The van der Waals surface area contributed by atoms with Gasteiger partial charge in [-0.1, -0.05) is 44.0 Å². The second-order valence-corrected chi connectivity index (χ2v) is 9.57. The first-order chi connectivity index (χ1) is 20.0. The fourth-order valence-electron chi connectivity index (χ4n) is 2.83. The number of halogens is 2. The Hall–Kier alpha value is -0.607. The Labute approximate surface area is 343 Å². The van der Waals surface area contributed by atoms with Crippen molar-refractivity contribution >= 4 is 31.6 Å². The molecule has 0 fully saturated rings. The van der Waals surface area contributed by atoms with E-state index >= 15 is 0 Å². The average molecular weight is 693 g/mol. The van der Waals surface area contributed by atoms with E-state index in [2.05, 4.69) is 24.6 Å². The maximum absolute atomic E-state index is 12.5. The number of carbonyl (C=O) groups excluding carboxylic acids is 3. The molecule has 0 saturated carbocycles. The molecule has 2 unspecified atom stereocenters. The van der Waals surface area contributed by atoms with Crippen LogP contribution in [0.5, 0.6) is 0 Å². The van der Waals surface area contributed by atoms with E-state index in [0.29, 0.717) is 0 Å². The molecule has 11 nitrogen and oxygen atoms in total. The third-order valence-corrected chi connectivity index (χ3v) is 6.86. The molecule has 16 heteroatoms. The number of aliphatic hydroxyl groups excluding tert-OH is 1. The molecule has 1 N–H and O–H groups in total. The largest absolute Gasteiger partial charge is 1.00 e. The maximum Gasteiger partial charge on any atom is 1.00 e. The van der Waals surface area contributed by atoms with Crippen LogP contribution in [-0.2, 0) is 32.9 Å². The minimum Gasteiger partial charge on any atom is -1.00 e. The number of benzene rings is 2. The minimum absolute atomic E-state index is 0. The number of ketones is 1. The molecule has 0 amide bonds. The van der Waals surface area contributed by atoms with Gasteiger partial charge in [0.1, 0.15) is 17.9 Å². The molecule has 0 radical (unpaired) electrons. The molecule has 44 heavy (non-hydrogen) atoms. The molecule has 234 valence electrons. The maximum atomic E-state index is 12.5. The van der Waals surface area contributed by atoms with Crippen LogP contribution in [0.1, 0.15) is 58.0 Å². The predicted molar refractivity (Wildman–Crippen MR) is 151 cm³/mol. The number of hydrogen-bond donors (Lipinski definition) is 1. The quantitative estimate of drug-likeness (QED) is 0.0351. The zero-order valence-electron chi connectivity index (χ0n) is 27.2. The summed E-state index contributed by atoms with van der Waals surface area (Å²) in [5, 5.41) is 15.4. The van der Waals surface area contributed by atoms with Crippen molar-refractivity contribution in [1.29, 1.82) is 0 Å². The van der Waals surface area contributed by atoms with Gasteiger partial charge in [0, 0.05) is 40.1 Å². The van der Waals surface area contributed by atoms with Gasteiger partial charge in [0.05, 0.1) is 0 Å². The van der Waals surface area contributed by atoms with Gasteiger partial charge in [-0.25, -0.2) is 13.3 Å². The van der Waals surface area contributed by atoms with E-state index in [9.17, 15) is 22.9 Å². The van der Waals surface area contributed by atoms with Crippen LogP contribution in [0.3, 0.4) is 0 Å². The Balaban J connectivity index is -0.000000113. The monoisotopic (exact) mass is 692 g/mol. The molecular weight excluding hydrogens is 655 g/mol. The van der Waals surface area contributed by atoms with Crippen LogP contribution in [0.25, 0.3) is 5.53 Å². The zero-order chi connectivity index (χ0) is 33.1. The molecule has 2 rings (SSSR count). The second kappa shape index (κ2) is 33.7. The van der Waals surface area contributed by atoms with Crippen LogP contribution < -0.4 is 108 Å². The van der Waals surface area contributed by atoms with Crippen molar-refractivity contribution in [2.75, 3.05) is 21.3 Å². The van der Waals surface area contributed by atoms with E-state index in [0.717, 1.165) is 58.5 Å². The number of hydrogen-bond acceptors (Lipinski definition) is 9. The number of rotatable bonds is 10. The van der Waals surface area contributed by atoms with Gasteiger partial charge in [0.15, 0.2) is 0 Å². The Morgan fingerprint density at radius 2 is 1.41 bits per heavy atom. The molecule has 0 aliphatic heterocycles. The number of carbonyl (C=O) groups is 3. The van der Waals surface area contributed by atoms with Crippen molar-refractivity contribution in [3.63, 3.8) is 0 Å². The van der Waals surface area contributed by atoms with Gasteiger partial charge in [-0.05, 0) is 48.2 Å². The summed E-state index contributed by atoms with van der Waals surface area (Å²) >= 11 is 0. The fraction of sp³-hybridized carbons (Fsp3) is 0.357. The minimum atomic E-state index is -3.70. The van der Waals surface area contributed by atoms with Gasteiger partial charge in [0.2, 0.25) is 5.78 Å². The van der Waals surface area contributed by atoms with E-state index < -0.39 is 18.8 Å². The van der Waals surface area contributed by atoms with Crippen LogP contribution in [0, 0.1) is 24.0 Å². The third-order valence-electron chi connectivity index (χ3n) is 4.97. The third kappa shape index (κ3) is 22.8. The van der Waals surface area contributed by atoms with Crippen LogP contribution >= 0.6 is 7.60 Å². The predicted octanol–water partition coefficient (Wildman–Crippen LogP) is -1.68. The van der Waals surface area contributed by atoms with Crippen molar-refractivity contribution in [2.45, 2.75) is 45.4 Å². The molecule has 0 aliphatic carbocycles. The van der Waals surface area contributed by atoms with Gasteiger partial charge in [0.25, 0.3) is 6.47 Å². The number of Topliss-reactive ketones (excluding diaryl/α,β-unsaturated/α-hetero) is 1. The topological polar surface area (TPSA) is 176 Å². The first-order valence-electron chi connectivity index (χ1n) is 12.0. The molecule has 0 aliphatic rings. The van der Waals surface area contributed by atoms with E-state index in [1.165, 1.54) is 24.3 Å². The number of aliphatic hydroxyl groups is 1. The molecule has 0 saturated heterocycles. The summed E-state index contributed by atoms with van der Waals surface area (Å²) in [5.41, 5.74) is 9.62. The fourth-order valence-corrected chi connectivity index (χ4v) is 3.82. The molecule has 2 atom stereocenters. The van der Waals surface area contributed by atoms with Crippen LogP contribution in [0.4, 0.5) is 8.78 Å². The molecule has 0 heterocycles. The SMILES string of the molecule is C#CC(CC)c1ccc(F)cc1.CCC(C=O)c1ccc(F)cc1.CO.COP(=O)(OC)C(=[N+]=[N-])C(C)=O.O=CO[O-].[H-].[K+].[K+].